The molecule has 2 aromatic carbocycles. The molecule has 0 fully saturated rings. The lowest BCUT2D eigenvalue weighted by Gasteiger charge is -2.03. The minimum Gasteiger partial charge on any atom is -0.218 e. The summed E-state index contributed by atoms with van der Waals surface area (Å²) in [6.45, 7) is 4.13. The number of benzene rings is 2. The molecule has 2 nitrogen and oxygen atoms in total. The van der Waals surface area contributed by atoms with Gasteiger partial charge in [0.15, 0.2) is 0 Å². The molecule has 0 saturated carbocycles. The van der Waals surface area contributed by atoms with Gasteiger partial charge in [0.2, 0.25) is 9.84 Å². The molecule has 0 atom stereocenters. The zero-order valence-electron chi connectivity index (χ0n) is 12.4. The van der Waals surface area contributed by atoms with Crippen LogP contribution in [0, 0.1) is 13.8 Å². The van der Waals surface area contributed by atoms with Crippen LogP contribution in [0.3, 0.4) is 0 Å². The van der Waals surface area contributed by atoms with Crippen molar-refractivity contribution in [2.75, 3.05) is 0 Å². The summed E-state index contributed by atoms with van der Waals surface area (Å²) in [5.74, 6) is 0. The highest BCUT2D eigenvalue weighted by atomic mass is 32.2. The van der Waals surface area contributed by atoms with Crippen LogP contribution < -0.4 is 0 Å². The number of rotatable bonds is 3. The Hall–Kier alpha value is -1.91. The average Bonchev–Trinajstić information content (AvgIpc) is 3.01. The van der Waals surface area contributed by atoms with Crippen molar-refractivity contribution in [1.29, 1.82) is 0 Å². The summed E-state index contributed by atoms with van der Waals surface area (Å²) in [7, 11) is -3.43. The highest BCUT2D eigenvalue weighted by Gasteiger charge is 2.19. The summed E-state index contributed by atoms with van der Waals surface area (Å²) in [6, 6.07) is 18.3. The first-order valence-corrected chi connectivity index (χ1v) is 9.26. The molecule has 0 amide bonds. The molecule has 4 heteroatoms. The zero-order chi connectivity index (χ0) is 15.7. The van der Waals surface area contributed by atoms with Crippen LogP contribution in [0.4, 0.5) is 0 Å². The van der Waals surface area contributed by atoms with E-state index in [0.29, 0.717) is 9.10 Å². The van der Waals surface area contributed by atoms with Gasteiger partial charge in [0.05, 0.1) is 4.90 Å². The zero-order valence-corrected chi connectivity index (χ0v) is 14.0. The van der Waals surface area contributed by atoms with Gasteiger partial charge in [-0.05, 0) is 54.8 Å². The lowest BCUT2D eigenvalue weighted by Crippen LogP contribution is -1.98. The molecule has 0 aliphatic carbocycles. The third kappa shape index (κ3) is 2.72. The minimum atomic E-state index is -3.43. The Bertz CT molecular complexity index is 907. The molecule has 0 unspecified atom stereocenters. The predicted molar refractivity (Wildman–Crippen MR) is 91.1 cm³/mol. The van der Waals surface area contributed by atoms with Crippen molar-refractivity contribution in [2.24, 2.45) is 0 Å². The van der Waals surface area contributed by atoms with Crippen molar-refractivity contribution in [2.45, 2.75) is 23.0 Å². The summed E-state index contributed by atoms with van der Waals surface area (Å²) in [5, 5.41) is 0. The Morgan fingerprint density at radius 2 is 1.55 bits per heavy atom. The molecule has 1 heterocycles. The third-order valence-corrected chi connectivity index (χ3v) is 7.09. The number of hydrogen-bond acceptors (Lipinski definition) is 3. The van der Waals surface area contributed by atoms with E-state index in [1.807, 2.05) is 18.2 Å². The van der Waals surface area contributed by atoms with Crippen LogP contribution in [-0.2, 0) is 9.84 Å². The molecule has 0 spiro atoms. The Balaban J connectivity index is 2.02. The van der Waals surface area contributed by atoms with Crippen molar-refractivity contribution in [3.63, 3.8) is 0 Å². The highest BCUT2D eigenvalue weighted by Crippen LogP contribution is 2.34. The summed E-state index contributed by atoms with van der Waals surface area (Å²) in [6.07, 6.45) is 0. The molecular weight excluding hydrogens is 312 g/mol. The fraction of sp³-hybridized carbons (Fsp3) is 0.111. The number of hydrogen-bond donors (Lipinski definition) is 0. The quantitative estimate of drug-likeness (QED) is 0.688. The number of thiophene rings is 1. The molecule has 3 rings (SSSR count). The van der Waals surface area contributed by atoms with Crippen molar-refractivity contribution >= 4 is 21.2 Å². The SMILES string of the molecule is Cc1ccc(-c2ccc(S(=O)(=O)c3ccccc3)s2)cc1C. The second-order valence-electron chi connectivity index (χ2n) is 5.23. The van der Waals surface area contributed by atoms with Gasteiger partial charge in [0, 0.05) is 4.88 Å². The fourth-order valence-electron chi connectivity index (χ4n) is 2.23. The van der Waals surface area contributed by atoms with Gasteiger partial charge in [0.25, 0.3) is 0 Å². The van der Waals surface area contributed by atoms with Gasteiger partial charge in [-0.2, -0.15) is 0 Å². The van der Waals surface area contributed by atoms with Crippen molar-refractivity contribution < 1.29 is 8.42 Å². The molecule has 0 radical (unpaired) electrons. The molecule has 3 aromatic rings. The van der Waals surface area contributed by atoms with Crippen molar-refractivity contribution in [1.82, 2.24) is 0 Å². The first kappa shape index (κ1) is 15.0. The molecule has 22 heavy (non-hydrogen) atoms. The molecule has 1 aromatic heterocycles. The highest BCUT2D eigenvalue weighted by molar-refractivity contribution is 7.93. The Morgan fingerprint density at radius 3 is 2.23 bits per heavy atom. The van der Waals surface area contributed by atoms with Crippen LogP contribution in [0.25, 0.3) is 10.4 Å². The van der Waals surface area contributed by atoms with Gasteiger partial charge in [-0.3, -0.25) is 0 Å². The lowest BCUT2D eigenvalue weighted by molar-refractivity contribution is 0.598. The van der Waals surface area contributed by atoms with Crippen LogP contribution in [0.2, 0.25) is 0 Å². The normalized spacial score (nSPS) is 11.5. The van der Waals surface area contributed by atoms with Crippen molar-refractivity contribution in [3.8, 4) is 10.4 Å². The van der Waals surface area contributed by atoms with Crippen LogP contribution in [0.15, 0.2) is 69.8 Å². The van der Waals surface area contributed by atoms with Crippen LogP contribution in [-0.4, -0.2) is 8.42 Å². The van der Waals surface area contributed by atoms with Gasteiger partial charge in [-0.25, -0.2) is 8.42 Å². The van der Waals surface area contributed by atoms with Crippen molar-refractivity contribution in [3.05, 3.63) is 71.8 Å². The third-order valence-electron chi connectivity index (χ3n) is 3.69. The van der Waals surface area contributed by atoms with E-state index in [1.165, 1.54) is 22.5 Å². The summed E-state index contributed by atoms with van der Waals surface area (Å²) < 4.78 is 25.6. The fourth-order valence-corrected chi connectivity index (χ4v) is 4.96. The van der Waals surface area contributed by atoms with Gasteiger partial charge in [0.1, 0.15) is 4.21 Å². The van der Waals surface area contributed by atoms with E-state index in [9.17, 15) is 8.42 Å². The van der Waals surface area contributed by atoms with E-state index >= 15 is 0 Å². The predicted octanol–water partition coefficient (Wildman–Crippen LogP) is 4.86. The first-order chi connectivity index (χ1) is 10.5. The standard InChI is InChI=1S/C18H16O2S2/c1-13-8-9-15(12-14(13)2)17-10-11-18(21-17)22(19,20)16-6-4-3-5-7-16/h3-12H,1-2H3. The molecule has 112 valence electrons. The Labute approximate surface area is 135 Å². The maximum absolute atomic E-state index is 12.6. The second kappa shape index (κ2) is 5.71. The first-order valence-electron chi connectivity index (χ1n) is 6.96. The molecule has 0 aliphatic heterocycles. The van der Waals surface area contributed by atoms with E-state index in [2.05, 4.69) is 26.0 Å². The number of aryl methyl sites for hydroxylation is 2. The molecular formula is C18H16O2S2. The summed E-state index contributed by atoms with van der Waals surface area (Å²) in [4.78, 5) is 1.31. The van der Waals surface area contributed by atoms with Crippen LogP contribution in [0.5, 0.6) is 0 Å². The second-order valence-corrected chi connectivity index (χ2v) is 8.49. The van der Waals surface area contributed by atoms with Gasteiger partial charge in [-0.1, -0.05) is 36.4 Å². The topological polar surface area (TPSA) is 34.1 Å². The van der Waals surface area contributed by atoms with E-state index in [-0.39, 0.29) is 0 Å². The number of sulfone groups is 1. The Kier molecular flexibility index (Phi) is 3.89. The Morgan fingerprint density at radius 1 is 0.818 bits per heavy atom. The van der Waals surface area contributed by atoms with Crippen LogP contribution in [0.1, 0.15) is 11.1 Å². The maximum atomic E-state index is 12.6. The smallest absolute Gasteiger partial charge is 0.215 e. The monoisotopic (exact) mass is 328 g/mol. The summed E-state index contributed by atoms with van der Waals surface area (Å²) >= 11 is 1.31. The van der Waals surface area contributed by atoms with Crippen LogP contribution >= 0.6 is 11.3 Å². The molecule has 0 aliphatic rings. The molecule has 0 saturated heterocycles. The van der Waals surface area contributed by atoms with E-state index in [0.717, 1.165) is 10.4 Å². The minimum absolute atomic E-state index is 0.337. The molecule has 0 bridgehead atoms. The summed E-state index contributed by atoms with van der Waals surface area (Å²) in [5.41, 5.74) is 3.50. The van der Waals surface area contributed by atoms with Gasteiger partial charge < -0.3 is 0 Å². The lowest BCUT2D eigenvalue weighted by atomic mass is 10.1. The van der Waals surface area contributed by atoms with E-state index in [1.54, 1.807) is 30.3 Å². The molecule has 0 N–H and O–H groups in total. The van der Waals surface area contributed by atoms with E-state index < -0.39 is 9.84 Å². The maximum Gasteiger partial charge on any atom is 0.215 e. The van der Waals surface area contributed by atoms with E-state index in [4.69, 9.17) is 0 Å². The average molecular weight is 328 g/mol. The van der Waals surface area contributed by atoms with Gasteiger partial charge >= 0.3 is 0 Å². The van der Waals surface area contributed by atoms with Gasteiger partial charge in [-0.15, -0.1) is 11.3 Å². The largest absolute Gasteiger partial charge is 0.218 e.